The first-order chi connectivity index (χ1) is 8.48. The molecule has 1 aliphatic rings. The van der Waals surface area contributed by atoms with Gasteiger partial charge < -0.3 is 0 Å². The second kappa shape index (κ2) is 4.11. The number of pyridine rings is 1. The van der Waals surface area contributed by atoms with Gasteiger partial charge in [-0.2, -0.15) is 0 Å². The molecule has 0 saturated carbocycles. The van der Waals surface area contributed by atoms with Crippen molar-refractivity contribution in [2.45, 2.75) is 33.1 Å². The Bertz CT molecular complexity index is 632. The highest BCUT2D eigenvalue weighted by Gasteiger charge is 2.28. The van der Waals surface area contributed by atoms with Crippen molar-refractivity contribution in [1.29, 1.82) is 0 Å². The highest BCUT2D eigenvalue weighted by atomic mass is 35.5. The maximum Gasteiger partial charge on any atom is 0.0906 e. The van der Waals surface area contributed by atoms with Gasteiger partial charge in [-0.3, -0.25) is 4.98 Å². The van der Waals surface area contributed by atoms with Gasteiger partial charge in [0, 0.05) is 11.1 Å². The summed E-state index contributed by atoms with van der Waals surface area (Å²) in [7, 11) is 0. The third-order valence-electron chi connectivity index (χ3n) is 3.78. The van der Waals surface area contributed by atoms with Gasteiger partial charge in [-0.05, 0) is 36.3 Å². The number of nitrogens with zero attached hydrogens (tertiary/aromatic N) is 1. The van der Waals surface area contributed by atoms with E-state index in [2.05, 4.69) is 13.8 Å². The van der Waals surface area contributed by atoms with Gasteiger partial charge in [0.1, 0.15) is 0 Å². The first kappa shape index (κ1) is 12.3. The maximum absolute atomic E-state index is 6.56. The number of hydrogen-bond donors (Lipinski definition) is 0. The molecule has 0 N–H and O–H groups in total. The fraction of sp³-hybridized carbons (Fsp3) is 0.400. The van der Waals surface area contributed by atoms with Gasteiger partial charge in [0.25, 0.3) is 0 Å². The van der Waals surface area contributed by atoms with Crippen LogP contribution in [0.3, 0.4) is 0 Å². The first-order valence-electron chi connectivity index (χ1n) is 6.23. The van der Waals surface area contributed by atoms with Gasteiger partial charge in [-0.15, -0.1) is 0 Å². The Morgan fingerprint density at radius 2 is 2.00 bits per heavy atom. The van der Waals surface area contributed by atoms with Crippen LogP contribution in [0.4, 0.5) is 0 Å². The summed E-state index contributed by atoms with van der Waals surface area (Å²) in [6, 6.07) is 5.80. The van der Waals surface area contributed by atoms with Crippen molar-refractivity contribution in [1.82, 2.24) is 4.98 Å². The summed E-state index contributed by atoms with van der Waals surface area (Å²) in [6.07, 6.45) is 3.14. The molecule has 0 fully saturated rings. The number of aromatic nitrogens is 1. The van der Waals surface area contributed by atoms with Crippen molar-refractivity contribution in [2.24, 2.45) is 5.41 Å². The van der Waals surface area contributed by atoms with Crippen molar-refractivity contribution < 1.29 is 0 Å². The molecule has 1 aliphatic carbocycles. The average Bonchev–Trinajstić information content (AvgIpc) is 2.31. The Morgan fingerprint density at radius 1 is 1.22 bits per heavy atom. The van der Waals surface area contributed by atoms with Crippen LogP contribution in [-0.2, 0) is 12.8 Å². The van der Waals surface area contributed by atoms with E-state index < -0.39 is 0 Å². The zero-order chi connectivity index (χ0) is 12.9. The van der Waals surface area contributed by atoms with Crippen molar-refractivity contribution in [3.8, 4) is 0 Å². The van der Waals surface area contributed by atoms with Crippen LogP contribution in [0.25, 0.3) is 10.9 Å². The molecule has 0 unspecified atom stereocenters. The Hall–Kier alpha value is -0.790. The number of aryl methyl sites for hydroxylation is 1. The van der Waals surface area contributed by atoms with Crippen LogP contribution in [0.5, 0.6) is 0 Å². The number of para-hydroxylation sites is 1. The van der Waals surface area contributed by atoms with Crippen LogP contribution >= 0.6 is 23.2 Å². The van der Waals surface area contributed by atoms with Crippen LogP contribution in [0, 0.1) is 5.41 Å². The van der Waals surface area contributed by atoms with Crippen molar-refractivity contribution in [3.63, 3.8) is 0 Å². The highest BCUT2D eigenvalue weighted by molar-refractivity contribution is 6.39. The lowest BCUT2D eigenvalue weighted by atomic mass is 9.76. The lowest BCUT2D eigenvalue weighted by molar-refractivity contribution is 0.313. The normalized spacial score (nSPS) is 17.8. The minimum atomic E-state index is 0.310. The van der Waals surface area contributed by atoms with Crippen LogP contribution in [0.15, 0.2) is 18.2 Å². The number of halogens is 2. The first-order valence-corrected chi connectivity index (χ1v) is 6.99. The smallest absolute Gasteiger partial charge is 0.0906 e. The number of fused-ring (bicyclic) bond motifs is 2. The van der Waals surface area contributed by atoms with Gasteiger partial charge in [-0.25, -0.2) is 0 Å². The van der Waals surface area contributed by atoms with Gasteiger partial charge in [0.15, 0.2) is 0 Å². The van der Waals surface area contributed by atoms with E-state index in [1.54, 1.807) is 0 Å². The molecule has 0 bridgehead atoms. The summed E-state index contributed by atoms with van der Waals surface area (Å²) in [5, 5.41) is 2.49. The molecule has 0 amide bonds. The molecule has 3 rings (SSSR count). The lowest BCUT2D eigenvalue weighted by Crippen LogP contribution is -2.23. The summed E-state index contributed by atoms with van der Waals surface area (Å²) in [5.74, 6) is 0. The molecule has 0 aliphatic heterocycles. The minimum absolute atomic E-state index is 0.310. The van der Waals surface area contributed by atoms with Crippen molar-refractivity contribution >= 4 is 34.1 Å². The van der Waals surface area contributed by atoms with Crippen LogP contribution in [0.2, 0.25) is 10.0 Å². The van der Waals surface area contributed by atoms with Crippen LogP contribution in [-0.4, -0.2) is 4.98 Å². The third kappa shape index (κ3) is 1.90. The number of hydrogen-bond acceptors (Lipinski definition) is 1. The quantitative estimate of drug-likeness (QED) is 0.657. The van der Waals surface area contributed by atoms with Crippen molar-refractivity contribution in [2.75, 3.05) is 0 Å². The molecule has 1 aromatic carbocycles. The molecule has 18 heavy (non-hydrogen) atoms. The van der Waals surface area contributed by atoms with Gasteiger partial charge in [-0.1, -0.05) is 49.2 Å². The molecule has 1 aromatic heterocycles. The molecule has 0 atom stereocenters. The van der Waals surface area contributed by atoms with E-state index in [0.717, 1.165) is 40.9 Å². The molecule has 0 saturated heterocycles. The third-order valence-corrected chi connectivity index (χ3v) is 4.51. The monoisotopic (exact) mass is 279 g/mol. The zero-order valence-corrected chi connectivity index (χ0v) is 12.1. The molecular formula is C15H15Cl2N. The summed E-state index contributed by atoms with van der Waals surface area (Å²) >= 11 is 12.8. The molecular weight excluding hydrogens is 265 g/mol. The summed E-state index contributed by atoms with van der Waals surface area (Å²) in [6.45, 7) is 4.57. The Balaban J connectivity index is 2.30. The van der Waals surface area contributed by atoms with E-state index in [1.807, 2.05) is 18.2 Å². The van der Waals surface area contributed by atoms with Crippen LogP contribution in [0.1, 0.15) is 31.5 Å². The fourth-order valence-corrected chi connectivity index (χ4v) is 3.25. The van der Waals surface area contributed by atoms with E-state index in [4.69, 9.17) is 28.2 Å². The molecule has 2 aromatic rings. The van der Waals surface area contributed by atoms with E-state index in [0.29, 0.717) is 10.4 Å². The fourth-order valence-electron chi connectivity index (χ4n) is 2.71. The number of benzene rings is 1. The summed E-state index contributed by atoms with van der Waals surface area (Å²) in [4.78, 5) is 4.73. The molecule has 0 radical (unpaired) electrons. The lowest BCUT2D eigenvalue weighted by Gasteiger charge is -2.31. The van der Waals surface area contributed by atoms with Crippen molar-refractivity contribution in [3.05, 3.63) is 39.5 Å². The maximum atomic E-state index is 6.56. The van der Waals surface area contributed by atoms with Gasteiger partial charge in [0.05, 0.1) is 15.6 Å². The van der Waals surface area contributed by atoms with E-state index in [1.165, 1.54) is 5.56 Å². The van der Waals surface area contributed by atoms with Gasteiger partial charge >= 0.3 is 0 Å². The topological polar surface area (TPSA) is 12.9 Å². The van der Waals surface area contributed by atoms with E-state index in [-0.39, 0.29) is 0 Å². The molecule has 3 heteroatoms. The number of rotatable bonds is 0. The predicted octanol–water partition coefficient (Wildman–Crippen LogP) is 5.06. The minimum Gasteiger partial charge on any atom is -0.251 e. The van der Waals surface area contributed by atoms with Crippen LogP contribution < -0.4 is 0 Å². The Morgan fingerprint density at radius 3 is 2.78 bits per heavy atom. The second-order valence-corrected chi connectivity index (χ2v) is 6.61. The molecule has 94 valence electrons. The zero-order valence-electron chi connectivity index (χ0n) is 10.6. The van der Waals surface area contributed by atoms with Gasteiger partial charge in [0.2, 0.25) is 0 Å². The second-order valence-electron chi connectivity index (χ2n) is 5.83. The Kier molecular flexibility index (Phi) is 2.80. The molecule has 0 spiro atoms. The summed E-state index contributed by atoms with van der Waals surface area (Å²) in [5.41, 5.74) is 3.48. The van der Waals surface area contributed by atoms with E-state index >= 15 is 0 Å². The highest BCUT2D eigenvalue weighted by Crippen LogP contribution is 2.40. The largest absolute Gasteiger partial charge is 0.251 e. The Labute approximate surface area is 117 Å². The predicted molar refractivity (Wildman–Crippen MR) is 77.6 cm³/mol. The van der Waals surface area contributed by atoms with E-state index in [9.17, 15) is 0 Å². The SMILES string of the molecule is CC1(C)CCc2nc3c(Cl)cccc3c(Cl)c2C1. The molecule has 1 nitrogen and oxygen atoms in total. The molecule has 1 heterocycles. The average molecular weight is 280 g/mol. The standard InChI is InChI=1S/C15H15Cl2N/c1-15(2)7-6-12-10(8-15)13(17)9-4-3-5-11(16)14(9)18-12/h3-5H,6-8H2,1-2H3. The summed E-state index contributed by atoms with van der Waals surface area (Å²) < 4.78 is 0.